The summed E-state index contributed by atoms with van der Waals surface area (Å²) in [6.07, 6.45) is 0. The number of fused-ring (bicyclic) bond motifs is 1. The van der Waals surface area contributed by atoms with Crippen LogP contribution in [0.15, 0.2) is 24.3 Å². The van der Waals surface area contributed by atoms with Crippen molar-refractivity contribution in [2.45, 2.75) is 6.92 Å². The van der Waals surface area contributed by atoms with Gasteiger partial charge in [-0.3, -0.25) is 0 Å². The van der Waals surface area contributed by atoms with Crippen LogP contribution in [0.3, 0.4) is 0 Å². The van der Waals surface area contributed by atoms with Crippen LogP contribution in [-0.2, 0) is 0 Å². The van der Waals surface area contributed by atoms with Crippen molar-refractivity contribution < 1.29 is 14.6 Å². The summed E-state index contributed by atoms with van der Waals surface area (Å²) in [5.41, 5.74) is 1.11. The molecule has 0 bridgehead atoms. The monoisotopic (exact) mass is 218 g/mol. The first kappa shape index (κ1) is 10.6. The van der Waals surface area contributed by atoms with Gasteiger partial charge in [0.05, 0.1) is 19.6 Å². The van der Waals surface area contributed by atoms with Gasteiger partial charge < -0.3 is 14.6 Å². The van der Waals surface area contributed by atoms with E-state index in [4.69, 9.17) is 9.47 Å². The fourth-order valence-electron chi connectivity index (χ4n) is 1.89. The first-order valence-corrected chi connectivity index (χ1v) is 5.01. The lowest BCUT2D eigenvalue weighted by Gasteiger charge is -2.12. The highest BCUT2D eigenvalue weighted by Crippen LogP contribution is 2.40. The number of aryl methyl sites for hydroxylation is 1. The van der Waals surface area contributed by atoms with Gasteiger partial charge >= 0.3 is 0 Å². The number of rotatable bonds is 2. The van der Waals surface area contributed by atoms with Crippen LogP contribution in [0.5, 0.6) is 17.2 Å². The molecular weight excluding hydrogens is 204 g/mol. The van der Waals surface area contributed by atoms with Crippen molar-refractivity contribution in [1.82, 2.24) is 0 Å². The summed E-state index contributed by atoms with van der Waals surface area (Å²) in [5.74, 6) is 1.29. The van der Waals surface area contributed by atoms with Crippen molar-refractivity contribution in [3.63, 3.8) is 0 Å². The highest BCUT2D eigenvalue weighted by Gasteiger charge is 2.12. The van der Waals surface area contributed by atoms with E-state index in [1.54, 1.807) is 13.2 Å². The Balaban J connectivity index is 2.89. The van der Waals surface area contributed by atoms with Gasteiger partial charge in [0, 0.05) is 0 Å². The fraction of sp³-hybridized carbons (Fsp3) is 0.231. The number of benzene rings is 2. The average molecular weight is 218 g/mol. The van der Waals surface area contributed by atoms with Crippen molar-refractivity contribution in [2.75, 3.05) is 14.2 Å². The Hall–Kier alpha value is -1.90. The van der Waals surface area contributed by atoms with E-state index in [0.29, 0.717) is 11.5 Å². The molecule has 0 aliphatic heterocycles. The molecule has 0 fully saturated rings. The van der Waals surface area contributed by atoms with E-state index in [1.165, 1.54) is 7.11 Å². The maximum absolute atomic E-state index is 9.72. The zero-order valence-electron chi connectivity index (χ0n) is 9.57. The molecule has 2 aromatic rings. The molecule has 0 radical (unpaired) electrons. The first-order chi connectivity index (χ1) is 7.67. The summed E-state index contributed by atoms with van der Waals surface area (Å²) in [6.45, 7) is 2.00. The zero-order chi connectivity index (χ0) is 11.7. The molecule has 0 aliphatic rings. The lowest BCUT2D eigenvalue weighted by atomic mass is 10.0. The largest absolute Gasteiger partial charge is 0.504 e. The molecule has 3 heteroatoms. The third kappa shape index (κ3) is 1.54. The summed E-state index contributed by atoms with van der Waals surface area (Å²) < 4.78 is 10.5. The Labute approximate surface area is 94.2 Å². The second kappa shape index (κ2) is 3.93. The quantitative estimate of drug-likeness (QED) is 0.842. The summed E-state index contributed by atoms with van der Waals surface area (Å²) in [7, 11) is 3.14. The molecule has 3 nitrogen and oxygen atoms in total. The second-order valence-corrected chi connectivity index (χ2v) is 3.68. The van der Waals surface area contributed by atoms with Crippen LogP contribution in [0.1, 0.15) is 5.56 Å². The molecule has 0 saturated carbocycles. The Bertz CT molecular complexity index is 532. The van der Waals surface area contributed by atoms with Crippen LogP contribution in [-0.4, -0.2) is 19.3 Å². The Morgan fingerprint density at radius 2 is 1.81 bits per heavy atom. The second-order valence-electron chi connectivity index (χ2n) is 3.68. The summed E-state index contributed by atoms with van der Waals surface area (Å²) in [5, 5.41) is 11.5. The molecule has 0 aliphatic carbocycles. The number of hydrogen-bond donors (Lipinski definition) is 1. The maximum atomic E-state index is 9.72. The number of aromatic hydroxyl groups is 1. The minimum Gasteiger partial charge on any atom is -0.504 e. The maximum Gasteiger partial charge on any atom is 0.172 e. The minimum atomic E-state index is 0.122. The zero-order valence-corrected chi connectivity index (χ0v) is 9.57. The third-order valence-electron chi connectivity index (χ3n) is 2.58. The van der Waals surface area contributed by atoms with E-state index < -0.39 is 0 Å². The van der Waals surface area contributed by atoms with Gasteiger partial charge in [0.1, 0.15) is 5.75 Å². The van der Waals surface area contributed by atoms with E-state index in [-0.39, 0.29) is 5.75 Å². The molecular formula is C13H14O3. The van der Waals surface area contributed by atoms with Gasteiger partial charge in [-0.25, -0.2) is 0 Å². The van der Waals surface area contributed by atoms with Gasteiger partial charge in [-0.1, -0.05) is 12.1 Å². The van der Waals surface area contributed by atoms with Crippen LogP contribution >= 0.6 is 0 Å². The van der Waals surface area contributed by atoms with Crippen LogP contribution in [0, 0.1) is 6.92 Å². The lowest BCUT2D eigenvalue weighted by Crippen LogP contribution is -1.91. The molecule has 0 atom stereocenters. The van der Waals surface area contributed by atoms with E-state index in [9.17, 15) is 5.11 Å². The number of phenols is 1. The van der Waals surface area contributed by atoms with Crippen LogP contribution < -0.4 is 9.47 Å². The van der Waals surface area contributed by atoms with Crippen molar-refractivity contribution in [3.8, 4) is 17.2 Å². The standard InChI is InChI=1S/C13H14O3/c1-8-6-9-4-5-10(14)13(16-3)12(9)11(7-8)15-2/h4-7,14H,1-3H3. The first-order valence-electron chi connectivity index (χ1n) is 5.01. The van der Waals surface area contributed by atoms with E-state index >= 15 is 0 Å². The van der Waals surface area contributed by atoms with Crippen molar-refractivity contribution in [1.29, 1.82) is 0 Å². The smallest absolute Gasteiger partial charge is 0.172 e. The van der Waals surface area contributed by atoms with Crippen LogP contribution in [0.25, 0.3) is 10.8 Å². The van der Waals surface area contributed by atoms with Gasteiger partial charge in [-0.05, 0) is 30.0 Å². The SMILES string of the molecule is COc1cc(C)cc2ccc(O)c(OC)c12. The normalized spacial score (nSPS) is 10.4. The molecule has 0 unspecified atom stereocenters. The minimum absolute atomic E-state index is 0.122. The molecule has 84 valence electrons. The molecule has 16 heavy (non-hydrogen) atoms. The number of hydrogen-bond acceptors (Lipinski definition) is 3. The van der Waals surface area contributed by atoms with Gasteiger partial charge in [-0.2, -0.15) is 0 Å². The predicted molar refractivity (Wildman–Crippen MR) is 63.5 cm³/mol. The predicted octanol–water partition coefficient (Wildman–Crippen LogP) is 2.87. The topological polar surface area (TPSA) is 38.7 Å². The van der Waals surface area contributed by atoms with Crippen LogP contribution in [0.2, 0.25) is 0 Å². The summed E-state index contributed by atoms with van der Waals surface area (Å²) in [6, 6.07) is 7.42. The Morgan fingerprint density at radius 1 is 1.06 bits per heavy atom. The van der Waals surface area contributed by atoms with E-state index in [0.717, 1.165) is 16.3 Å². The number of ether oxygens (including phenoxy) is 2. The molecule has 0 saturated heterocycles. The average Bonchev–Trinajstić information content (AvgIpc) is 2.28. The van der Waals surface area contributed by atoms with Crippen molar-refractivity contribution >= 4 is 10.8 Å². The van der Waals surface area contributed by atoms with E-state index in [1.807, 2.05) is 25.1 Å². The fourth-order valence-corrected chi connectivity index (χ4v) is 1.89. The molecule has 0 heterocycles. The van der Waals surface area contributed by atoms with Crippen molar-refractivity contribution in [3.05, 3.63) is 29.8 Å². The number of phenolic OH excluding ortho intramolecular Hbond substituents is 1. The van der Waals surface area contributed by atoms with Crippen molar-refractivity contribution in [2.24, 2.45) is 0 Å². The highest BCUT2D eigenvalue weighted by atomic mass is 16.5. The lowest BCUT2D eigenvalue weighted by molar-refractivity contribution is 0.374. The molecule has 2 aromatic carbocycles. The van der Waals surface area contributed by atoms with E-state index in [2.05, 4.69) is 0 Å². The van der Waals surface area contributed by atoms with Gasteiger partial charge in [0.25, 0.3) is 0 Å². The molecule has 1 N–H and O–H groups in total. The third-order valence-corrected chi connectivity index (χ3v) is 2.58. The Kier molecular flexibility index (Phi) is 2.60. The van der Waals surface area contributed by atoms with Crippen LogP contribution in [0.4, 0.5) is 0 Å². The summed E-state index contributed by atoms with van der Waals surface area (Å²) in [4.78, 5) is 0. The molecule has 0 aromatic heterocycles. The highest BCUT2D eigenvalue weighted by molar-refractivity contribution is 5.96. The molecule has 0 amide bonds. The van der Waals surface area contributed by atoms with Gasteiger partial charge in [0.15, 0.2) is 11.5 Å². The summed E-state index contributed by atoms with van der Waals surface area (Å²) >= 11 is 0. The number of methoxy groups -OCH3 is 2. The van der Waals surface area contributed by atoms with Gasteiger partial charge in [-0.15, -0.1) is 0 Å². The van der Waals surface area contributed by atoms with Gasteiger partial charge in [0.2, 0.25) is 0 Å². The molecule has 0 spiro atoms. The molecule has 2 rings (SSSR count). The Morgan fingerprint density at radius 3 is 2.44 bits per heavy atom.